The maximum absolute atomic E-state index is 11.9. The summed E-state index contributed by atoms with van der Waals surface area (Å²) in [6.07, 6.45) is 1.60. The largest absolute Gasteiger partial charge is 0.439 e. The number of oxazole rings is 1. The second-order valence-electron chi connectivity index (χ2n) is 4.93. The van der Waals surface area contributed by atoms with E-state index >= 15 is 0 Å². The van der Waals surface area contributed by atoms with Gasteiger partial charge in [0.1, 0.15) is 6.54 Å². The first-order valence-electron chi connectivity index (χ1n) is 7.01. The van der Waals surface area contributed by atoms with Crippen LogP contribution in [0.1, 0.15) is 5.89 Å². The molecule has 0 bridgehead atoms. The third kappa shape index (κ3) is 2.91. The van der Waals surface area contributed by atoms with Crippen molar-refractivity contribution < 1.29 is 8.83 Å². The van der Waals surface area contributed by atoms with Crippen LogP contribution in [0.5, 0.6) is 0 Å². The summed E-state index contributed by atoms with van der Waals surface area (Å²) in [7, 11) is 0. The van der Waals surface area contributed by atoms with Crippen molar-refractivity contribution >= 4 is 22.9 Å². The SMILES string of the molecule is O=c1oc(-c2cccs2)nn1Cc1ncc(-c2ccc(Cl)cc2)o1. The molecular weight excluding hydrogens is 350 g/mol. The van der Waals surface area contributed by atoms with Crippen LogP contribution in [0.2, 0.25) is 5.02 Å². The van der Waals surface area contributed by atoms with Gasteiger partial charge in [0.25, 0.3) is 5.89 Å². The molecule has 0 radical (unpaired) electrons. The molecule has 0 N–H and O–H groups in total. The summed E-state index contributed by atoms with van der Waals surface area (Å²) in [6.45, 7) is 0.0985. The topological polar surface area (TPSA) is 74.1 Å². The van der Waals surface area contributed by atoms with Gasteiger partial charge in [-0.05, 0) is 35.7 Å². The lowest BCUT2D eigenvalue weighted by Crippen LogP contribution is -2.16. The number of rotatable bonds is 4. The number of aromatic nitrogens is 3. The number of nitrogens with zero attached hydrogens (tertiary/aromatic N) is 3. The molecule has 0 unspecified atom stereocenters. The van der Waals surface area contributed by atoms with E-state index in [-0.39, 0.29) is 6.54 Å². The molecule has 6 nitrogen and oxygen atoms in total. The molecule has 0 aliphatic rings. The molecule has 120 valence electrons. The summed E-state index contributed by atoms with van der Waals surface area (Å²) >= 11 is 7.32. The van der Waals surface area contributed by atoms with Crippen molar-refractivity contribution in [2.45, 2.75) is 6.54 Å². The standard InChI is InChI=1S/C16H10ClN3O3S/c17-11-5-3-10(4-6-11)12-8-18-14(22-12)9-20-16(21)23-15(19-20)13-2-1-7-24-13/h1-8H,9H2. The minimum atomic E-state index is -0.551. The zero-order chi connectivity index (χ0) is 16.5. The molecule has 4 rings (SSSR count). The van der Waals surface area contributed by atoms with E-state index < -0.39 is 5.76 Å². The molecular formula is C16H10ClN3O3S. The summed E-state index contributed by atoms with van der Waals surface area (Å²) in [4.78, 5) is 16.9. The number of halogens is 1. The molecule has 0 aliphatic heterocycles. The fraction of sp³-hybridized carbons (Fsp3) is 0.0625. The van der Waals surface area contributed by atoms with Crippen LogP contribution in [0.15, 0.2) is 61.6 Å². The van der Waals surface area contributed by atoms with Crippen LogP contribution in [-0.2, 0) is 6.54 Å². The van der Waals surface area contributed by atoms with Crippen molar-refractivity contribution in [2.75, 3.05) is 0 Å². The molecule has 0 spiro atoms. The van der Waals surface area contributed by atoms with Gasteiger partial charge in [0.15, 0.2) is 5.76 Å². The summed E-state index contributed by atoms with van der Waals surface area (Å²) in [5.41, 5.74) is 0.852. The van der Waals surface area contributed by atoms with Crippen molar-refractivity contribution in [1.82, 2.24) is 14.8 Å². The van der Waals surface area contributed by atoms with Gasteiger partial charge in [-0.3, -0.25) is 0 Å². The van der Waals surface area contributed by atoms with Gasteiger partial charge in [0.05, 0.1) is 11.1 Å². The van der Waals surface area contributed by atoms with Gasteiger partial charge in [0, 0.05) is 10.6 Å². The van der Waals surface area contributed by atoms with E-state index in [2.05, 4.69) is 10.1 Å². The second-order valence-corrected chi connectivity index (χ2v) is 6.32. The molecule has 1 aromatic carbocycles. The van der Waals surface area contributed by atoms with Crippen LogP contribution >= 0.6 is 22.9 Å². The first kappa shape index (κ1) is 14.9. The average Bonchev–Trinajstić information content (AvgIpc) is 3.31. The Labute approximate surface area is 144 Å². The van der Waals surface area contributed by atoms with E-state index in [4.69, 9.17) is 20.4 Å². The minimum Gasteiger partial charge on any atom is -0.439 e. The van der Waals surface area contributed by atoms with Gasteiger partial charge in [0.2, 0.25) is 5.89 Å². The van der Waals surface area contributed by atoms with Gasteiger partial charge >= 0.3 is 5.76 Å². The molecule has 0 saturated carbocycles. The maximum atomic E-state index is 11.9. The van der Waals surface area contributed by atoms with Crippen molar-refractivity contribution in [3.05, 3.63) is 69.4 Å². The van der Waals surface area contributed by atoms with E-state index in [0.29, 0.717) is 22.6 Å². The second kappa shape index (κ2) is 6.10. The van der Waals surface area contributed by atoms with Crippen LogP contribution < -0.4 is 5.76 Å². The Kier molecular flexibility index (Phi) is 3.79. The van der Waals surface area contributed by atoms with Crippen molar-refractivity contribution in [3.63, 3.8) is 0 Å². The first-order valence-corrected chi connectivity index (χ1v) is 8.27. The highest BCUT2D eigenvalue weighted by molar-refractivity contribution is 7.13. The molecule has 4 aromatic rings. The molecule has 0 aliphatic carbocycles. The van der Waals surface area contributed by atoms with E-state index in [1.807, 2.05) is 29.6 Å². The van der Waals surface area contributed by atoms with E-state index in [0.717, 1.165) is 10.4 Å². The minimum absolute atomic E-state index is 0.0985. The predicted octanol–water partition coefficient (Wildman–Crippen LogP) is 3.92. The summed E-state index contributed by atoms with van der Waals surface area (Å²) in [6, 6.07) is 10.9. The Balaban J connectivity index is 1.58. The molecule has 3 heterocycles. The fourth-order valence-electron chi connectivity index (χ4n) is 2.17. The number of hydrogen-bond acceptors (Lipinski definition) is 6. The van der Waals surface area contributed by atoms with Crippen molar-refractivity contribution in [2.24, 2.45) is 0 Å². The third-order valence-electron chi connectivity index (χ3n) is 3.31. The Morgan fingerprint density at radius 1 is 1.17 bits per heavy atom. The van der Waals surface area contributed by atoms with E-state index in [1.165, 1.54) is 16.0 Å². The van der Waals surface area contributed by atoms with Crippen molar-refractivity contribution in [1.29, 1.82) is 0 Å². The lowest BCUT2D eigenvalue weighted by atomic mass is 10.2. The fourth-order valence-corrected chi connectivity index (χ4v) is 2.94. The zero-order valence-corrected chi connectivity index (χ0v) is 13.8. The number of benzene rings is 1. The van der Waals surface area contributed by atoms with Crippen LogP contribution in [0, 0.1) is 0 Å². The summed E-state index contributed by atoms with van der Waals surface area (Å²) in [5.74, 6) is 0.703. The van der Waals surface area contributed by atoms with E-state index in [1.54, 1.807) is 18.3 Å². The summed E-state index contributed by atoms with van der Waals surface area (Å²) < 4.78 is 12.0. The molecule has 8 heteroatoms. The average molecular weight is 360 g/mol. The Hall–Kier alpha value is -2.64. The lowest BCUT2D eigenvalue weighted by Gasteiger charge is -1.96. The van der Waals surface area contributed by atoms with Crippen LogP contribution in [0.4, 0.5) is 0 Å². The highest BCUT2D eigenvalue weighted by Crippen LogP contribution is 2.23. The molecule has 0 fully saturated rings. The predicted molar refractivity (Wildman–Crippen MR) is 90.1 cm³/mol. The highest BCUT2D eigenvalue weighted by atomic mass is 35.5. The van der Waals surface area contributed by atoms with Gasteiger partial charge in [-0.2, -0.15) is 4.68 Å². The number of hydrogen-bond donors (Lipinski definition) is 0. The maximum Gasteiger partial charge on any atom is 0.437 e. The summed E-state index contributed by atoms with van der Waals surface area (Å²) in [5, 5.41) is 6.71. The molecule has 0 atom stereocenters. The third-order valence-corrected chi connectivity index (χ3v) is 4.42. The van der Waals surface area contributed by atoms with Gasteiger partial charge in [-0.1, -0.05) is 17.7 Å². The van der Waals surface area contributed by atoms with Gasteiger partial charge in [-0.15, -0.1) is 16.4 Å². The Bertz CT molecular complexity index is 1020. The van der Waals surface area contributed by atoms with E-state index in [9.17, 15) is 4.79 Å². The zero-order valence-electron chi connectivity index (χ0n) is 12.2. The van der Waals surface area contributed by atoms with Gasteiger partial charge in [-0.25, -0.2) is 9.78 Å². The Morgan fingerprint density at radius 3 is 2.75 bits per heavy atom. The molecule has 3 aromatic heterocycles. The monoisotopic (exact) mass is 359 g/mol. The highest BCUT2D eigenvalue weighted by Gasteiger charge is 2.14. The normalized spacial score (nSPS) is 11.0. The lowest BCUT2D eigenvalue weighted by molar-refractivity contribution is 0.445. The number of thiophene rings is 1. The quantitative estimate of drug-likeness (QED) is 0.552. The molecule has 24 heavy (non-hydrogen) atoms. The Morgan fingerprint density at radius 2 is 2.00 bits per heavy atom. The van der Waals surface area contributed by atoms with Crippen LogP contribution in [0.3, 0.4) is 0 Å². The van der Waals surface area contributed by atoms with Crippen molar-refractivity contribution in [3.8, 4) is 22.1 Å². The first-order chi connectivity index (χ1) is 11.7. The van der Waals surface area contributed by atoms with Gasteiger partial charge < -0.3 is 8.83 Å². The molecule has 0 saturated heterocycles. The van der Waals surface area contributed by atoms with Crippen LogP contribution in [-0.4, -0.2) is 14.8 Å². The molecule has 0 amide bonds. The van der Waals surface area contributed by atoms with Crippen LogP contribution in [0.25, 0.3) is 22.1 Å². The smallest absolute Gasteiger partial charge is 0.437 e.